The van der Waals surface area contributed by atoms with Crippen LogP contribution >= 0.6 is 0 Å². The summed E-state index contributed by atoms with van der Waals surface area (Å²) >= 11 is 0. The molecule has 1 aromatic carbocycles. The Morgan fingerprint density at radius 2 is 2.00 bits per heavy atom. The van der Waals surface area contributed by atoms with E-state index in [2.05, 4.69) is 4.98 Å². The molecule has 1 aromatic heterocycles. The van der Waals surface area contributed by atoms with Crippen molar-refractivity contribution in [3.8, 4) is 0 Å². The predicted octanol–water partition coefficient (Wildman–Crippen LogP) is 2.04. The van der Waals surface area contributed by atoms with Gasteiger partial charge in [-0.3, -0.25) is 15.1 Å². The molecule has 2 rings (SSSR count). The average Bonchev–Trinajstić information content (AvgIpc) is 2.39. The van der Waals surface area contributed by atoms with Crippen molar-refractivity contribution in [3.05, 3.63) is 70.0 Å². The third kappa shape index (κ3) is 2.46. The Morgan fingerprint density at radius 1 is 1.24 bits per heavy atom. The molecule has 17 heavy (non-hydrogen) atoms. The van der Waals surface area contributed by atoms with E-state index in [0.29, 0.717) is 5.56 Å². The van der Waals surface area contributed by atoms with Gasteiger partial charge in [-0.2, -0.15) is 0 Å². The summed E-state index contributed by atoms with van der Waals surface area (Å²) in [7, 11) is 0. The first-order valence-electron chi connectivity index (χ1n) is 5.08. The Kier molecular flexibility index (Phi) is 3.11. The van der Waals surface area contributed by atoms with Crippen LogP contribution in [-0.2, 0) is 0 Å². The van der Waals surface area contributed by atoms with E-state index in [4.69, 9.17) is 5.73 Å². The van der Waals surface area contributed by atoms with Crippen molar-refractivity contribution in [1.29, 1.82) is 0 Å². The minimum Gasteiger partial charge on any atom is -0.320 e. The van der Waals surface area contributed by atoms with Crippen molar-refractivity contribution in [1.82, 2.24) is 4.98 Å². The lowest BCUT2D eigenvalue weighted by Gasteiger charge is -2.11. The Hall–Kier alpha value is -2.27. The van der Waals surface area contributed by atoms with Crippen LogP contribution in [0.3, 0.4) is 0 Å². The summed E-state index contributed by atoms with van der Waals surface area (Å²) in [4.78, 5) is 14.2. The summed E-state index contributed by atoms with van der Waals surface area (Å²) in [6.07, 6.45) is 3.31. The van der Waals surface area contributed by atoms with Crippen LogP contribution in [0.15, 0.2) is 48.8 Å². The molecule has 5 nitrogen and oxygen atoms in total. The van der Waals surface area contributed by atoms with Gasteiger partial charge in [0.1, 0.15) is 0 Å². The van der Waals surface area contributed by atoms with Crippen LogP contribution in [-0.4, -0.2) is 9.91 Å². The Bertz CT molecular complexity index is 528. The van der Waals surface area contributed by atoms with E-state index in [1.165, 1.54) is 12.1 Å². The molecule has 86 valence electrons. The molecule has 1 atom stereocenters. The van der Waals surface area contributed by atoms with E-state index in [9.17, 15) is 10.1 Å². The SMILES string of the molecule is NC(c1cccnc1)c1cccc([N+](=O)[O-])c1. The molecule has 0 saturated carbocycles. The van der Waals surface area contributed by atoms with E-state index in [1.807, 2.05) is 6.07 Å². The zero-order valence-corrected chi connectivity index (χ0v) is 8.98. The fraction of sp³-hybridized carbons (Fsp3) is 0.0833. The molecule has 0 aliphatic heterocycles. The van der Waals surface area contributed by atoms with Gasteiger partial charge >= 0.3 is 0 Å². The number of hydrogen-bond acceptors (Lipinski definition) is 4. The fourth-order valence-electron chi connectivity index (χ4n) is 1.58. The molecule has 1 unspecified atom stereocenters. The van der Waals surface area contributed by atoms with Crippen LogP contribution in [0.4, 0.5) is 5.69 Å². The van der Waals surface area contributed by atoms with Crippen molar-refractivity contribution in [2.45, 2.75) is 6.04 Å². The lowest BCUT2D eigenvalue weighted by Crippen LogP contribution is -2.12. The predicted molar refractivity (Wildman–Crippen MR) is 63.4 cm³/mol. The first-order chi connectivity index (χ1) is 8.18. The first kappa shape index (κ1) is 11.2. The number of hydrogen-bond donors (Lipinski definition) is 1. The molecular weight excluding hydrogens is 218 g/mol. The van der Waals surface area contributed by atoms with Crippen molar-refractivity contribution < 1.29 is 4.92 Å². The molecule has 0 amide bonds. The highest BCUT2D eigenvalue weighted by Gasteiger charge is 2.12. The lowest BCUT2D eigenvalue weighted by atomic mass is 10.0. The minimum atomic E-state index is -0.431. The van der Waals surface area contributed by atoms with E-state index in [0.717, 1.165) is 5.56 Å². The molecule has 0 spiro atoms. The van der Waals surface area contributed by atoms with E-state index < -0.39 is 11.0 Å². The number of nitrogens with two attached hydrogens (primary N) is 1. The van der Waals surface area contributed by atoms with Crippen LogP contribution in [0.1, 0.15) is 17.2 Å². The normalized spacial score (nSPS) is 12.1. The van der Waals surface area contributed by atoms with Gasteiger partial charge in [-0.1, -0.05) is 18.2 Å². The number of nitro groups is 1. The van der Waals surface area contributed by atoms with Gasteiger partial charge in [0.05, 0.1) is 11.0 Å². The number of aromatic nitrogens is 1. The van der Waals surface area contributed by atoms with Gasteiger partial charge in [0.2, 0.25) is 0 Å². The van der Waals surface area contributed by atoms with Crippen molar-refractivity contribution in [2.24, 2.45) is 5.73 Å². The molecule has 2 N–H and O–H groups in total. The highest BCUT2D eigenvalue weighted by molar-refractivity contribution is 5.39. The largest absolute Gasteiger partial charge is 0.320 e. The highest BCUT2D eigenvalue weighted by Crippen LogP contribution is 2.22. The van der Waals surface area contributed by atoms with Gasteiger partial charge in [0, 0.05) is 24.5 Å². The lowest BCUT2D eigenvalue weighted by molar-refractivity contribution is -0.384. The summed E-state index contributed by atoms with van der Waals surface area (Å²) in [6, 6.07) is 9.55. The molecular formula is C12H11N3O2. The van der Waals surface area contributed by atoms with Gasteiger partial charge in [0.15, 0.2) is 0 Å². The number of pyridine rings is 1. The third-order valence-electron chi connectivity index (χ3n) is 2.48. The molecule has 0 radical (unpaired) electrons. The van der Waals surface area contributed by atoms with Crippen LogP contribution < -0.4 is 5.73 Å². The number of benzene rings is 1. The van der Waals surface area contributed by atoms with Crippen LogP contribution in [0.2, 0.25) is 0 Å². The van der Waals surface area contributed by atoms with Crippen LogP contribution in [0.5, 0.6) is 0 Å². The molecule has 1 heterocycles. The molecule has 5 heteroatoms. The van der Waals surface area contributed by atoms with Gasteiger partial charge in [-0.05, 0) is 17.2 Å². The van der Waals surface area contributed by atoms with Gasteiger partial charge in [0.25, 0.3) is 5.69 Å². The molecule has 0 fully saturated rings. The van der Waals surface area contributed by atoms with E-state index >= 15 is 0 Å². The standard InChI is InChI=1S/C12H11N3O2/c13-12(10-4-2-6-14-8-10)9-3-1-5-11(7-9)15(16)17/h1-8,12H,13H2. The maximum Gasteiger partial charge on any atom is 0.269 e. The van der Waals surface area contributed by atoms with Crippen molar-refractivity contribution in [3.63, 3.8) is 0 Å². The number of nitrogens with zero attached hydrogens (tertiary/aromatic N) is 2. The Balaban J connectivity index is 2.34. The van der Waals surface area contributed by atoms with Gasteiger partial charge < -0.3 is 5.73 Å². The summed E-state index contributed by atoms with van der Waals surface area (Å²) in [5.41, 5.74) is 7.59. The Morgan fingerprint density at radius 3 is 2.65 bits per heavy atom. The van der Waals surface area contributed by atoms with Gasteiger partial charge in [-0.15, -0.1) is 0 Å². The number of nitro benzene ring substituents is 1. The first-order valence-corrected chi connectivity index (χ1v) is 5.08. The molecule has 0 saturated heterocycles. The maximum absolute atomic E-state index is 10.7. The zero-order valence-electron chi connectivity index (χ0n) is 8.98. The summed E-state index contributed by atoms with van der Waals surface area (Å²) in [5.74, 6) is 0. The summed E-state index contributed by atoms with van der Waals surface area (Å²) in [5, 5.41) is 10.7. The van der Waals surface area contributed by atoms with E-state index in [1.54, 1.807) is 30.6 Å². The molecule has 0 aliphatic rings. The molecule has 0 bridgehead atoms. The fourth-order valence-corrected chi connectivity index (χ4v) is 1.58. The second kappa shape index (κ2) is 4.71. The second-order valence-electron chi connectivity index (χ2n) is 3.62. The van der Waals surface area contributed by atoms with Crippen molar-refractivity contribution >= 4 is 5.69 Å². The topological polar surface area (TPSA) is 82.0 Å². The van der Waals surface area contributed by atoms with Crippen LogP contribution in [0.25, 0.3) is 0 Å². The highest BCUT2D eigenvalue weighted by atomic mass is 16.6. The number of rotatable bonds is 3. The quantitative estimate of drug-likeness (QED) is 0.644. The van der Waals surface area contributed by atoms with Gasteiger partial charge in [-0.25, -0.2) is 0 Å². The molecule has 2 aromatic rings. The number of non-ortho nitro benzene ring substituents is 1. The van der Waals surface area contributed by atoms with Crippen molar-refractivity contribution in [2.75, 3.05) is 0 Å². The zero-order chi connectivity index (χ0) is 12.3. The Labute approximate surface area is 98.1 Å². The second-order valence-corrected chi connectivity index (χ2v) is 3.62. The smallest absolute Gasteiger partial charge is 0.269 e. The van der Waals surface area contributed by atoms with E-state index in [-0.39, 0.29) is 5.69 Å². The minimum absolute atomic E-state index is 0.0434. The van der Waals surface area contributed by atoms with Crippen LogP contribution in [0, 0.1) is 10.1 Å². The summed E-state index contributed by atoms with van der Waals surface area (Å²) in [6.45, 7) is 0. The third-order valence-corrected chi connectivity index (χ3v) is 2.48. The summed E-state index contributed by atoms with van der Waals surface area (Å²) < 4.78 is 0. The average molecular weight is 229 g/mol. The maximum atomic E-state index is 10.7. The molecule has 0 aliphatic carbocycles. The monoisotopic (exact) mass is 229 g/mol.